The Morgan fingerprint density at radius 1 is 1.32 bits per heavy atom. The zero-order valence-corrected chi connectivity index (χ0v) is 12.6. The summed E-state index contributed by atoms with van der Waals surface area (Å²) in [5, 5.41) is 7.63. The Morgan fingerprint density at radius 2 is 2.00 bits per heavy atom. The van der Waals surface area contributed by atoms with Gasteiger partial charge in [-0.2, -0.15) is 0 Å². The molecular formula is C11H13BrN4O2S. The van der Waals surface area contributed by atoms with Crippen molar-refractivity contribution in [3.8, 4) is 0 Å². The van der Waals surface area contributed by atoms with E-state index in [-0.39, 0.29) is 11.4 Å². The molecular weight excluding hydrogens is 332 g/mol. The molecule has 0 aliphatic heterocycles. The predicted molar refractivity (Wildman–Crippen MR) is 74.0 cm³/mol. The lowest BCUT2D eigenvalue weighted by Gasteiger charge is -2.06. The SMILES string of the molecule is Cn1cnnc1CCNS(=O)(=O)c1ccc(Br)cc1. The predicted octanol–water partition coefficient (Wildman–Crippen LogP) is 1.10. The van der Waals surface area contributed by atoms with Gasteiger partial charge in [0.2, 0.25) is 10.0 Å². The molecule has 1 heterocycles. The molecule has 0 amide bonds. The monoisotopic (exact) mass is 344 g/mol. The van der Waals surface area contributed by atoms with Gasteiger partial charge in [0.05, 0.1) is 4.90 Å². The van der Waals surface area contributed by atoms with Crippen molar-refractivity contribution in [1.82, 2.24) is 19.5 Å². The second kappa shape index (κ2) is 5.81. The van der Waals surface area contributed by atoms with E-state index < -0.39 is 10.0 Å². The number of aromatic nitrogens is 3. The minimum Gasteiger partial charge on any atom is -0.321 e. The maximum Gasteiger partial charge on any atom is 0.240 e. The van der Waals surface area contributed by atoms with Crippen molar-refractivity contribution in [2.45, 2.75) is 11.3 Å². The fraction of sp³-hybridized carbons (Fsp3) is 0.273. The number of benzene rings is 1. The first-order valence-electron chi connectivity index (χ1n) is 5.57. The van der Waals surface area contributed by atoms with Crippen LogP contribution in [0.15, 0.2) is 40.0 Å². The highest BCUT2D eigenvalue weighted by atomic mass is 79.9. The second-order valence-electron chi connectivity index (χ2n) is 3.96. The average molecular weight is 345 g/mol. The largest absolute Gasteiger partial charge is 0.321 e. The topological polar surface area (TPSA) is 76.9 Å². The number of nitrogens with zero attached hydrogens (tertiary/aromatic N) is 3. The third kappa shape index (κ3) is 3.62. The first-order chi connectivity index (χ1) is 8.99. The Labute approximate surface area is 120 Å². The zero-order chi connectivity index (χ0) is 13.9. The van der Waals surface area contributed by atoms with Crippen molar-refractivity contribution in [1.29, 1.82) is 0 Å². The van der Waals surface area contributed by atoms with Crippen LogP contribution in [-0.2, 0) is 23.5 Å². The molecule has 8 heteroatoms. The molecule has 1 aromatic heterocycles. The van der Waals surface area contributed by atoms with E-state index >= 15 is 0 Å². The van der Waals surface area contributed by atoms with Gasteiger partial charge in [0.25, 0.3) is 0 Å². The van der Waals surface area contributed by atoms with E-state index in [1.54, 1.807) is 35.2 Å². The third-order valence-corrected chi connectivity index (χ3v) is 4.58. The first-order valence-corrected chi connectivity index (χ1v) is 7.85. The van der Waals surface area contributed by atoms with E-state index in [9.17, 15) is 8.42 Å². The van der Waals surface area contributed by atoms with E-state index in [0.717, 1.165) is 10.3 Å². The van der Waals surface area contributed by atoms with Crippen molar-refractivity contribution in [3.63, 3.8) is 0 Å². The Morgan fingerprint density at radius 3 is 2.58 bits per heavy atom. The lowest BCUT2D eigenvalue weighted by atomic mass is 10.4. The molecule has 0 aliphatic rings. The number of nitrogens with one attached hydrogen (secondary N) is 1. The summed E-state index contributed by atoms with van der Waals surface area (Å²) in [7, 11) is -1.65. The second-order valence-corrected chi connectivity index (χ2v) is 6.64. The van der Waals surface area contributed by atoms with E-state index in [2.05, 4.69) is 30.8 Å². The molecule has 19 heavy (non-hydrogen) atoms. The van der Waals surface area contributed by atoms with Gasteiger partial charge >= 0.3 is 0 Å². The number of aryl methyl sites for hydroxylation is 1. The summed E-state index contributed by atoms with van der Waals surface area (Å²) < 4.78 is 29.1. The van der Waals surface area contributed by atoms with E-state index in [1.165, 1.54) is 0 Å². The Kier molecular flexibility index (Phi) is 4.33. The van der Waals surface area contributed by atoms with Crippen molar-refractivity contribution in [3.05, 3.63) is 40.9 Å². The molecule has 0 bridgehead atoms. The summed E-state index contributed by atoms with van der Waals surface area (Å²) in [4.78, 5) is 0.244. The van der Waals surface area contributed by atoms with E-state index in [1.807, 2.05) is 7.05 Å². The normalized spacial score (nSPS) is 11.7. The van der Waals surface area contributed by atoms with Crippen molar-refractivity contribution >= 4 is 26.0 Å². The van der Waals surface area contributed by atoms with Crippen LogP contribution in [0.25, 0.3) is 0 Å². The molecule has 6 nitrogen and oxygen atoms in total. The molecule has 0 atom stereocenters. The summed E-state index contributed by atoms with van der Waals surface area (Å²) in [5.74, 6) is 0.735. The van der Waals surface area contributed by atoms with Gasteiger partial charge in [-0.1, -0.05) is 15.9 Å². The quantitative estimate of drug-likeness (QED) is 0.880. The van der Waals surface area contributed by atoms with Gasteiger partial charge in [0.15, 0.2) is 0 Å². The van der Waals surface area contributed by atoms with Crippen molar-refractivity contribution in [2.24, 2.45) is 7.05 Å². The van der Waals surface area contributed by atoms with E-state index in [0.29, 0.717) is 6.42 Å². The number of hydrogen-bond donors (Lipinski definition) is 1. The van der Waals surface area contributed by atoms with Crippen LogP contribution in [0.2, 0.25) is 0 Å². The number of sulfonamides is 1. The van der Waals surface area contributed by atoms with Crippen LogP contribution in [0.4, 0.5) is 0 Å². The molecule has 1 N–H and O–H groups in total. The van der Waals surface area contributed by atoms with Crippen LogP contribution < -0.4 is 4.72 Å². The molecule has 2 rings (SSSR count). The highest BCUT2D eigenvalue weighted by Gasteiger charge is 2.13. The molecule has 0 fully saturated rings. The summed E-state index contributed by atoms with van der Waals surface area (Å²) in [6.07, 6.45) is 2.07. The summed E-state index contributed by atoms with van der Waals surface area (Å²) in [5.41, 5.74) is 0. The Bertz CT molecular complexity index is 652. The lowest BCUT2D eigenvalue weighted by Crippen LogP contribution is -2.26. The van der Waals surface area contributed by atoms with Crippen LogP contribution in [0.3, 0.4) is 0 Å². The lowest BCUT2D eigenvalue weighted by molar-refractivity contribution is 0.580. The van der Waals surface area contributed by atoms with Crippen molar-refractivity contribution < 1.29 is 8.42 Å². The van der Waals surface area contributed by atoms with Gasteiger partial charge in [-0.25, -0.2) is 13.1 Å². The molecule has 0 radical (unpaired) electrons. The Balaban J connectivity index is 1.98. The zero-order valence-electron chi connectivity index (χ0n) is 10.2. The number of rotatable bonds is 5. The van der Waals surface area contributed by atoms with Crippen molar-refractivity contribution in [2.75, 3.05) is 6.54 Å². The molecule has 2 aromatic rings. The van der Waals surface area contributed by atoms with Crippen LogP contribution in [0.1, 0.15) is 5.82 Å². The van der Waals surface area contributed by atoms with Gasteiger partial charge in [-0.05, 0) is 24.3 Å². The van der Waals surface area contributed by atoms with Crippen LogP contribution in [0.5, 0.6) is 0 Å². The van der Waals surface area contributed by atoms with Gasteiger partial charge < -0.3 is 4.57 Å². The van der Waals surface area contributed by atoms with Gasteiger partial charge in [0.1, 0.15) is 12.2 Å². The van der Waals surface area contributed by atoms with Gasteiger partial charge in [0, 0.05) is 24.5 Å². The van der Waals surface area contributed by atoms with Crippen LogP contribution in [0, 0.1) is 0 Å². The minimum atomic E-state index is -3.47. The maximum absolute atomic E-state index is 12.0. The first kappa shape index (κ1) is 14.2. The summed E-state index contributed by atoms with van der Waals surface area (Å²) >= 11 is 3.27. The van der Waals surface area contributed by atoms with Crippen LogP contribution >= 0.6 is 15.9 Å². The molecule has 0 aliphatic carbocycles. The molecule has 0 spiro atoms. The van der Waals surface area contributed by atoms with E-state index in [4.69, 9.17) is 0 Å². The number of halogens is 1. The summed E-state index contributed by atoms with van der Waals surface area (Å²) in [6, 6.07) is 6.48. The van der Waals surface area contributed by atoms with Gasteiger partial charge in [-0.3, -0.25) is 0 Å². The third-order valence-electron chi connectivity index (χ3n) is 2.57. The molecule has 0 saturated carbocycles. The molecule has 102 valence electrons. The Hall–Kier alpha value is -1.25. The highest BCUT2D eigenvalue weighted by molar-refractivity contribution is 9.10. The fourth-order valence-corrected chi connectivity index (χ4v) is 2.82. The summed E-state index contributed by atoms with van der Waals surface area (Å²) in [6.45, 7) is 0.283. The fourth-order valence-electron chi connectivity index (χ4n) is 1.53. The molecule has 0 unspecified atom stereocenters. The maximum atomic E-state index is 12.0. The minimum absolute atomic E-state index is 0.244. The molecule has 1 aromatic carbocycles. The molecule has 0 saturated heterocycles. The smallest absolute Gasteiger partial charge is 0.240 e. The van der Waals surface area contributed by atoms with Crippen LogP contribution in [-0.4, -0.2) is 29.7 Å². The standard InChI is InChI=1S/C11H13BrN4O2S/c1-16-8-13-15-11(16)6-7-14-19(17,18)10-4-2-9(12)3-5-10/h2-5,8,14H,6-7H2,1H3. The average Bonchev–Trinajstić information content (AvgIpc) is 2.75. The number of hydrogen-bond acceptors (Lipinski definition) is 4. The van der Waals surface area contributed by atoms with Gasteiger partial charge in [-0.15, -0.1) is 10.2 Å². The highest BCUT2D eigenvalue weighted by Crippen LogP contribution is 2.14.